The van der Waals surface area contributed by atoms with Crippen LogP contribution in [0.2, 0.25) is 0 Å². The van der Waals surface area contributed by atoms with Crippen molar-refractivity contribution in [3.63, 3.8) is 0 Å². The summed E-state index contributed by atoms with van der Waals surface area (Å²) in [5.74, 6) is 2.54. The smallest absolute Gasteiger partial charge is 0.161 e. The third-order valence-electron chi connectivity index (χ3n) is 5.92. The van der Waals surface area contributed by atoms with Gasteiger partial charge in [-0.1, -0.05) is 19.4 Å². The van der Waals surface area contributed by atoms with Crippen LogP contribution >= 0.6 is 0 Å². The molecule has 1 aromatic rings. The van der Waals surface area contributed by atoms with Gasteiger partial charge in [0.2, 0.25) is 0 Å². The quantitative estimate of drug-likeness (QED) is 0.678. The molecule has 0 amide bonds. The number of hydrogen-bond acceptors (Lipinski definition) is 4. The molecular formula is C22H36N2O2. The van der Waals surface area contributed by atoms with Crippen molar-refractivity contribution in [2.24, 2.45) is 5.92 Å². The van der Waals surface area contributed by atoms with Crippen LogP contribution in [0, 0.1) is 5.92 Å². The van der Waals surface area contributed by atoms with Gasteiger partial charge in [-0.05, 0) is 88.3 Å². The van der Waals surface area contributed by atoms with Gasteiger partial charge in [0, 0.05) is 6.04 Å². The van der Waals surface area contributed by atoms with Crippen molar-refractivity contribution >= 4 is 0 Å². The number of piperidine rings is 2. The molecule has 0 bridgehead atoms. The van der Waals surface area contributed by atoms with E-state index in [1.165, 1.54) is 50.8 Å². The summed E-state index contributed by atoms with van der Waals surface area (Å²) in [6.07, 6.45) is 9.04. The summed E-state index contributed by atoms with van der Waals surface area (Å²) in [4.78, 5) is 2.75. The predicted molar refractivity (Wildman–Crippen MR) is 107 cm³/mol. The van der Waals surface area contributed by atoms with Gasteiger partial charge in [0.15, 0.2) is 11.5 Å². The first kappa shape index (κ1) is 19.5. The first-order valence-corrected chi connectivity index (χ1v) is 10.6. The summed E-state index contributed by atoms with van der Waals surface area (Å²) in [6.45, 7) is 7.70. The molecule has 0 aliphatic carbocycles. The highest BCUT2D eigenvalue weighted by molar-refractivity contribution is 5.43. The fourth-order valence-corrected chi connectivity index (χ4v) is 4.53. The minimum absolute atomic E-state index is 0.733. The Morgan fingerprint density at radius 2 is 2.00 bits per heavy atom. The minimum atomic E-state index is 0.733. The SMILES string of the molecule is CCCOc1ccc(CCNC[C@@H]2CCCN3CCCC[C@H]23)cc1OC. The maximum Gasteiger partial charge on any atom is 0.161 e. The molecule has 2 atom stereocenters. The van der Waals surface area contributed by atoms with E-state index in [0.717, 1.165) is 56.0 Å². The third kappa shape index (κ3) is 5.14. The zero-order chi connectivity index (χ0) is 18.2. The van der Waals surface area contributed by atoms with Crippen molar-refractivity contribution in [1.82, 2.24) is 10.2 Å². The van der Waals surface area contributed by atoms with Crippen molar-refractivity contribution in [3.8, 4) is 11.5 Å². The molecule has 2 aliphatic heterocycles. The molecule has 1 aromatic carbocycles. The summed E-state index contributed by atoms with van der Waals surface area (Å²) in [5.41, 5.74) is 1.31. The van der Waals surface area contributed by atoms with E-state index in [1.807, 2.05) is 6.07 Å². The number of nitrogens with one attached hydrogen (secondary N) is 1. The van der Waals surface area contributed by atoms with Crippen LogP contribution in [0.4, 0.5) is 0 Å². The topological polar surface area (TPSA) is 33.7 Å². The van der Waals surface area contributed by atoms with E-state index < -0.39 is 0 Å². The highest BCUT2D eigenvalue weighted by atomic mass is 16.5. The highest BCUT2D eigenvalue weighted by Gasteiger charge is 2.32. The van der Waals surface area contributed by atoms with E-state index in [1.54, 1.807) is 7.11 Å². The molecule has 0 spiro atoms. The molecule has 26 heavy (non-hydrogen) atoms. The first-order valence-electron chi connectivity index (χ1n) is 10.6. The van der Waals surface area contributed by atoms with Gasteiger partial charge in [-0.2, -0.15) is 0 Å². The van der Waals surface area contributed by atoms with E-state index in [9.17, 15) is 0 Å². The number of benzene rings is 1. The summed E-state index contributed by atoms with van der Waals surface area (Å²) < 4.78 is 11.2. The number of rotatable bonds is 9. The monoisotopic (exact) mass is 360 g/mol. The lowest BCUT2D eigenvalue weighted by Gasteiger charge is -2.44. The van der Waals surface area contributed by atoms with Crippen molar-refractivity contribution in [3.05, 3.63) is 23.8 Å². The zero-order valence-corrected chi connectivity index (χ0v) is 16.6. The Hall–Kier alpha value is -1.26. The molecule has 4 heteroatoms. The molecule has 0 aromatic heterocycles. The van der Waals surface area contributed by atoms with Crippen LogP contribution in [0.15, 0.2) is 18.2 Å². The van der Waals surface area contributed by atoms with E-state index in [0.29, 0.717) is 0 Å². The van der Waals surface area contributed by atoms with Crippen LogP contribution in [-0.4, -0.2) is 50.8 Å². The molecular weight excluding hydrogens is 324 g/mol. The molecule has 146 valence electrons. The van der Waals surface area contributed by atoms with Crippen LogP contribution in [-0.2, 0) is 6.42 Å². The molecule has 4 nitrogen and oxygen atoms in total. The summed E-state index contributed by atoms with van der Waals surface area (Å²) in [7, 11) is 1.72. The number of methoxy groups -OCH3 is 1. The molecule has 0 unspecified atom stereocenters. The van der Waals surface area contributed by atoms with Crippen LogP contribution in [0.1, 0.15) is 51.0 Å². The second-order valence-electron chi connectivity index (χ2n) is 7.79. The maximum atomic E-state index is 5.74. The van der Waals surface area contributed by atoms with Crippen molar-refractivity contribution in [2.45, 2.75) is 57.9 Å². The fraction of sp³-hybridized carbons (Fsp3) is 0.727. The first-order chi connectivity index (χ1) is 12.8. The Kier molecular flexibility index (Phi) is 7.63. The predicted octanol–water partition coefficient (Wildman–Crippen LogP) is 3.88. The Morgan fingerprint density at radius 3 is 2.85 bits per heavy atom. The third-order valence-corrected chi connectivity index (χ3v) is 5.92. The van der Waals surface area contributed by atoms with Gasteiger partial charge in [-0.15, -0.1) is 0 Å². The molecule has 0 saturated carbocycles. The normalized spacial score (nSPS) is 23.5. The van der Waals surface area contributed by atoms with E-state index in [4.69, 9.17) is 9.47 Å². The minimum Gasteiger partial charge on any atom is -0.493 e. The Labute approximate surface area is 159 Å². The second kappa shape index (κ2) is 10.2. The molecule has 0 radical (unpaired) electrons. The number of hydrogen-bond donors (Lipinski definition) is 1. The largest absolute Gasteiger partial charge is 0.493 e. The highest BCUT2D eigenvalue weighted by Crippen LogP contribution is 2.31. The number of ether oxygens (including phenoxy) is 2. The van der Waals surface area contributed by atoms with Gasteiger partial charge < -0.3 is 19.7 Å². The standard InChI is InChI=1S/C22H36N2O2/c1-3-15-26-21-10-9-18(16-22(21)25-2)11-12-23-17-19-7-6-14-24-13-5-4-8-20(19)24/h9-10,16,19-20,23H,3-8,11-15,17H2,1-2H3/t19-,20+/m0/s1. The number of nitrogens with zero attached hydrogens (tertiary/aromatic N) is 1. The molecule has 3 rings (SSSR count). The zero-order valence-electron chi connectivity index (χ0n) is 16.6. The van der Waals surface area contributed by atoms with Gasteiger partial charge in [-0.25, -0.2) is 0 Å². The number of fused-ring (bicyclic) bond motifs is 1. The van der Waals surface area contributed by atoms with Crippen LogP contribution in [0.5, 0.6) is 11.5 Å². The summed E-state index contributed by atoms with van der Waals surface area (Å²) >= 11 is 0. The van der Waals surface area contributed by atoms with Crippen molar-refractivity contribution in [1.29, 1.82) is 0 Å². The lowest BCUT2D eigenvalue weighted by molar-refractivity contribution is 0.0596. The maximum absolute atomic E-state index is 5.74. The van der Waals surface area contributed by atoms with E-state index in [2.05, 4.69) is 29.3 Å². The van der Waals surface area contributed by atoms with Gasteiger partial charge in [0.05, 0.1) is 13.7 Å². The van der Waals surface area contributed by atoms with E-state index in [-0.39, 0.29) is 0 Å². The Bertz CT molecular complexity index is 547. The van der Waals surface area contributed by atoms with Gasteiger partial charge in [0.1, 0.15) is 0 Å². The van der Waals surface area contributed by atoms with Crippen LogP contribution < -0.4 is 14.8 Å². The van der Waals surface area contributed by atoms with Gasteiger partial charge >= 0.3 is 0 Å². The summed E-state index contributed by atoms with van der Waals surface area (Å²) in [6, 6.07) is 7.17. The van der Waals surface area contributed by atoms with Crippen molar-refractivity contribution in [2.75, 3.05) is 39.9 Å². The average Bonchev–Trinajstić information content (AvgIpc) is 2.70. The van der Waals surface area contributed by atoms with Crippen LogP contribution in [0.3, 0.4) is 0 Å². The van der Waals surface area contributed by atoms with Crippen molar-refractivity contribution < 1.29 is 9.47 Å². The fourth-order valence-electron chi connectivity index (χ4n) is 4.53. The average molecular weight is 361 g/mol. The molecule has 1 N–H and O–H groups in total. The lowest BCUT2D eigenvalue weighted by atomic mass is 9.83. The molecule has 2 aliphatic rings. The molecule has 2 fully saturated rings. The second-order valence-corrected chi connectivity index (χ2v) is 7.79. The van der Waals surface area contributed by atoms with Gasteiger partial charge in [0.25, 0.3) is 0 Å². The lowest BCUT2D eigenvalue weighted by Crippen LogP contribution is -2.50. The van der Waals surface area contributed by atoms with Crippen LogP contribution in [0.25, 0.3) is 0 Å². The molecule has 2 heterocycles. The Morgan fingerprint density at radius 1 is 1.12 bits per heavy atom. The molecule has 2 saturated heterocycles. The summed E-state index contributed by atoms with van der Waals surface area (Å²) in [5, 5.41) is 3.72. The van der Waals surface area contributed by atoms with E-state index >= 15 is 0 Å². The Balaban J connectivity index is 1.44. The van der Waals surface area contributed by atoms with Gasteiger partial charge in [-0.3, -0.25) is 0 Å².